The molecule has 25 heavy (non-hydrogen) atoms. The summed E-state index contributed by atoms with van der Waals surface area (Å²) < 4.78 is 5.58. The fraction of sp³-hybridized carbons (Fsp3) is 0.176. The summed E-state index contributed by atoms with van der Waals surface area (Å²) >= 11 is 1.61. The van der Waals surface area contributed by atoms with E-state index in [9.17, 15) is 9.59 Å². The largest absolute Gasteiger partial charge is 0.453 e. The number of carbonyl (C=O) groups is 2. The number of amides is 2. The first-order chi connectivity index (χ1) is 12.0. The predicted octanol–water partition coefficient (Wildman–Crippen LogP) is 3.11. The Labute approximate surface area is 148 Å². The first-order valence-corrected chi connectivity index (χ1v) is 8.32. The zero-order valence-corrected chi connectivity index (χ0v) is 14.5. The van der Waals surface area contributed by atoms with Gasteiger partial charge in [-0.05, 0) is 37.3 Å². The lowest BCUT2D eigenvalue weighted by atomic mass is 10.2. The molecule has 7 nitrogen and oxygen atoms in total. The zero-order chi connectivity index (χ0) is 17.8. The standard InChI is InChI=1S/C17H16N4O3S/c1-10-20-14-8-12(3-4-15(14)25-10)21-16(22)11-5-6-18-13(7-11)9-19-17(23)24-2/h3-8H,9H2,1-2H3,(H,19,23)(H,21,22). The molecule has 1 aromatic carbocycles. The Morgan fingerprint density at radius 2 is 2.08 bits per heavy atom. The number of fused-ring (bicyclic) bond motifs is 1. The molecule has 0 saturated carbocycles. The van der Waals surface area contributed by atoms with Crippen molar-refractivity contribution < 1.29 is 14.3 Å². The van der Waals surface area contributed by atoms with Gasteiger partial charge in [0.25, 0.3) is 5.91 Å². The second-order valence-electron chi connectivity index (χ2n) is 5.25. The minimum absolute atomic E-state index is 0.178. The molecule has 0 aliphatic rings. The number of hydrogen-bond donors (Lipinski definition) is 2. The van der Waals surface area contributed by atoms with E-state index in [1.165, 1.54) is 13.3 Å². The van der Waals surface area contributed by atoms with Crippen LogP contribution in [0.1, 0.15) is 21.1 Å². The summed E-state index contributed by atoms with van der Waals surface area (Å²) in [5, 5.41) is 6.35. The van der Waals surface area contributed by atoms with Crippen LogP contribution in [0, 0.1) is 6.92 Å². The molecule has 2 amide bonds. The lowest BCUT2D eigenvalue weighted by Crippen LogP contribution is -2.23. The number of hydrogen-bond acceptors (Lipinski definition) is 6. The molecule has 3 aromatic rings. The molecule has 0 bridgehead atoms. The van der Waals surface area contributed by atoms with Crippen LogP contribution in [0.2, 0.25) is 0 Å². The van der Waals surface area contributed by atoms with Crippen LogP contribution in [0.15, 0.2) is 36.5 Å². The van der Waals surface area contributed by atoms with E-state index in [4.69, 9.17) is 0 Å². The fourth-order valence-corrected chi connectivity index (χ4v) is 3.08. The summed E-state index contributed by atoms with van der Waals surface area (Å²) in [5.74, 6) is -0.256. The van der Waals surface area contributed by atoms with Crippen LogP contribution in [0.25, 0.3) is 10.2 Å². The highest BCUT2D eigenvalue weighted by atomic mass is 32.1. The van der Waals surface area contributed by atoms with E-state index in [2.05, 4.69) is 25.3 Å². The van der Waals surface area contributed by atoms with Gasteiger partial charge in [-0.25, -0.2) is 9.78 Å². The third-order valence-corrected chi connectivity index (χ3v) is 4.38. The maximum atomic E-state index is 12.4. The molecular formula is C17H16N4O3S. The first-order valence-electron chi connectivity index (χ1n) is 7.50. The Bertz CT molecular complexity index is 939. The summed E-state index contributed by atoms with van der Waals surface area (Å²) in [6.07, 6.45) is 0.972. The molecule has 8 heteroatoms. The third kappa shape index (κ3) is 4.10. The molecule has 0 atom stereocenters. The van der Waals surface area contributed by atoms with Gasteiger partial charge in [-0.15, -0.1) is 11.3 Å². The zero-order valence-electron chi connectivity index (χ0n) is 13.7. The molecule has 3 rings (SSSR count). The van der Waals surface area contributed by atoms with Crippen molar-refractivity contribution in [1.29, 1.82) is 0 Å². The summed E-state index contributed by atoms with van der Waals surface area (Å²) in [5.41, 5.74) is 2.54. The van der Waals surface area contributed by atoms with Crippen molar-refractivity contribution in [1.82, 2.24) is 15.3 Å². The SMILES string of the molecule is COC(=O)NCc1cc(C(=O)Nc2ccc3sc(C)nc3c2)ccn1. The number of nitrogens with zero attached hydrogens (tertiary/aromatic N) is 2. The number of anilines is 1. The predicted molar refractivity (Wildman–Crippen MR) is 95.8 cm³/mol. The quantitative estimate of drug-likeness (QED) is 0.749. The second-order valence-corrected chi connectivity index (χ2v) is 6.49. The molecule has 0 unspecified atom stereocenters. The van der Waals surface area contributed by atoms with Crippen molar-refractivity contribution in [2.45, 2.75) is 13.5 Å². The van der Waals surface area contributed by atoms with E-state index in [0.717, 1.165) is 15.2 Å². The van der Waals surface area contributed by atoms with Gasteiger partial charge in [0, 0.05) is 17.4 Å². The normalized spacial score (nSPS) is 10.5. The molecule has 2 N–H and O–H groups in total. The molecule has 0 aliphatic carbocycles. The van der Waals surface area contributed by atoms with Crippen molar-refractivity contribution in [3.05, 3.63) is 52.8 Å². The Morgan fingerprint density at radius 1 is 1.24 bits per heavy atom. The number of alkyl carbamates (subject to hydrolysis) is 1. The van der Waals surface area contributed by atoms with Gasteiger partial charge in [-0.2, -0.15) is 0 Å². The Hall–Kier alpha value is -3.00. The van der Waals surface area contributed by atoms with Crippen LogP contribution in [0.3, 0.4) is 0 Å². The topological polar surface area (TPSA) is 93.2 Å². The highest BCUT2D eigenvalue weighted by Gasteiger charge is 2.10. The number of rotatable bonds is 4. The van der Waals surface area contributed by atoms with Crippen molar-refractivity contribution in [3.8, 4) is 0 Å². The van der Waals surface area contributed by atoms with E-state index < -0.39 is 6.09 Å². The van der Waals surface area contributed by atoms with Crippen molar-refractivity contribution in [2.24, 2.45) is 0 Å². The summed E-state index contributed by atoms with van der Waals surface area (Å²) in [6.45, 7) is 2.13. The molecule has 0 aliphatic heterocycles. The van der Waals surface area contributed by atoms with Gasteiger partial charge in [0.2, 0.25) is 0 Å². The highest BCUT2D eigenvalue weighted by Crippen LogP contribution is 2.24. The summed E-state index contributed by atoms with van der Waals surface area (Å²) in [4.78, 5) is 32.1. The lowest BCUT2D eigenvalue weighted by molar-refractivity contribution is 0.102. The van der Waals surface area contributed by atoms with E-state index in [0.29, 0.717) is 16.9 Å². The first kappa shape index (κ1) is 16.8. The number of nitrogens with one attached hydrogen (secondary N) is 2. The summed E-state index contributed by atoms with van der Waals surface area (Å²) in [6, 6.07) is 8.86. The molecule has 128 valence electrons. The molecule has 0 radical (unpaired) electrons. The maximum Gasteiger partial charge on any atom is 0.407 e. The van der Waals surface area contributed by atoms with Gasteiger partial charge in [0.05, 0.1) is 34.6 Å². The van der Waals surface area contributed by atoms with Gasteiger partial charge in [-0.1, -0.05) is 0 Å². The molecular weight excluding hydrogens is 340 g/mol. The fourth-order valence-electron chi connectivity index (χ4n) is 2.27. The average Bonchev–Trinajstić information content (AvgIpc) is 2.99. The molecule has 0 saturated heterocycles. The van der Waals surface area contributed by atoms with Gasteiger partial charge >= 0.3 is 6.09 Å². The number of carbonyl (C=O) groups excluding carboxylic acids is 2. The smallest absolute Gasteiger partial charge is 0.407 e. The minimum atomic E-state index is -0.552. The second kappa shape index (κ2) is 7.27. The maximum absolute atomic E-state index is 12.4. The van der Waals surface area contributed by atoms with Gasteiger partial charge < -0.3 is 15.4 Å². The van der Waals surface area contributed by atoms with Crippen LogP contribution >= 0.6 is 11.3 Å². The van der Waals surface area contributed by atoms with E-state index in [-0.39, 0.29) is 12.5 Å². The number of methoxy groups -OCH3 is 1. The molecule has 2 aromatic heterocycles. The highest BCUT2D eigenvalue weighted by molar-refractivity contribution is 7.18. The van der Waals surface area contributed by atoms with E-state index >= 15 is 0 Å². The van der Waals surface area contributed by atoms with Crippen LogP contribution in [0.5, 0.6) is 0 Å². The summed E-state index contributed by atoms with van der Waals surface area (Å²) in [7, 11) is 1.29. The number of aryl methyl sites for hydroxylation is 1. The van der Waals surface area contributed by atoms with Crippen molar-refractivity contribution in [3.63, 3.8) is 0 Å². The van der Waals surface area contributed by atoms with Crippen molar-refractivity contribution >= 4 is 39.2 Å². The van der Waals surface area contributed by atoms with Crippen LogP contribution in [0.4, 0.5) is 10.5 Å². The monoisotopic (exact) mass is 356 g/mol. The number of pyridine rings is 1. The number of thiazole rings is 1. The molecule has 2 heterocycles. The number of benzene rings is 1. The van der Waals surface area contributed by atoms with Crippen LogP contribution in [-0.2, 0) is 11.3 Å². The average molecular weight is 356 g/mol. The van der Waals surface area contributed by atoms with Crippen LogP contribution < -0.4 is 10.6 Å². The van der Waals surface area contributed by atoms with Crippen molar-refractivity contribution in [2.75, 3.05) is 12.4 Å². The Kier molecular flexibility index (Phi) is 4.90. The third-order valence-electron chi connectivity index (χ3n) is 3.43. The molecule has 0 fully saturated rings. The van der Waals surface area contributed by atoms with Gasteiger partial charge in [0.1, 0.15) is 0 Å². The molecule has 0 spiro atoms. The Morgan fingerprint density at radius 3 is 2.88 bits per heavy atom. The van der Waals surface area contributed by atoms with Gasteiger partial charge in [-0.3, -0.25) is 9.78 Å². The van der Waals surface area contributed by atoms with E-state index in [1.54, 1.807) is 23.5 Å². The number of aromatic nitrogens is 2. The minimum Gasteiger partial charge on any atom is -0.453 e. The van der Waals surface area contributed by atoms with Gasteiger partial charge in [0.15, 0.2) is 0 Å². The Balaban J connectivity index is 1.72. The van der Waals surface area contributed by atoms with E-state index in [1.807, 2.05) is 25.1 Å². The number of ether oxygens (including phenoxy) is 1. The van der Waals surface area contributed by atoms with Crippen LogP contribution in [-0.4, -0.2) is 29.1 Å². The lowest BCUT2D eigenvalue weighted by Gasteiger charge is -2.07.